The Kier molecular flexibility index (Phi) is 5.17. The van der Waals surface area contributed by atoms with E-state index in [0.717, 1.165) is 12.0 Å². The quantitative estimate of drug-likeness (QED) is 0.863. The third-order valence-corrected chi connectivity index (χ3v) is 3.75. The van der Waals surface area contributed by atoms with E-state index in [-0.39, 0.29) is 11.9 Å². The number of carbonyl (C=O) groups is 1. The fourth-order valence-corrected chi connectivity index (χ4v) is 1.73. The minimum Gasteiger partial charge on any atom is -0.349 e. The maximum absolute atomic E-state index is 12.2. The molecule has 0 aliphatic heterocycles. The molecule has 18 heavy (non-hydrogen) atoms. The monoisotopic (exact) mass is 268 g/mol. The first-order valence-corrected chi connectivity index (χ1v) is 6.57. The van der Waals surface area contributed by atoms with Crippen molar-refractivity contribution in [2.45, 2.75) is 33.2 Å². The SMILES string of the molecule is CCC(C)(CN)C(=O)NC(C)c1ccc(Cl)cc1. The van der Waals surface area contributed by atoms with Crippen molar-refractivity contribution >= 4 is 17.5 Å². The van der Waals surface area contributed by atoms with Crippen molar-refractivity contribution in [3.05, 3.63) is 34.9 Å². The molecule has 3 nitrogen and oxygen atoms in total. The summed E-state index contributed by atoms with van der Waals surface area (Å²) in [6, 6.07) is 7.42. The lowest BCUT2D eigenvalue weighted by molar-refractivity contribution is -0.130. The highest BCUT2D eigenvalue weighted by Gasteiger charge is 2.30. The summed E-state index contributed by atoms with van der Waals surface area (Å²) < 4.78 is 0. The third-order valence-electron chi connectivity index (χ3n) is 3.50. The van der Waals surface area contributed by atoms with Crippen LogP contribution in [0.15, 0.2) is 24.3 Å². The second kappa shape index (κ2) is 6.21. The van der Waals surface area contributed by atoms with Crippen LogP contribution in [0.2, 0.25) is 5.02 Å². The van der Waals surface area contributed by atoms with Gasteiger partial charge in [0.25, 0.3) is 0 Å². The Bertz CT molecular complexity index is 399. The molecular formula is C14H21ClN2O. The Labute approximate surface area is 114 Å². The van der Waals surface area contributed by atoms with Crippen molar-refractivity contribution in [3.63, 3.8) is 0 Å². The molecule has 2 unspecified atom stereocenters. The van der Waals surface area contributed by atoms with Gasteiger partial charge in [-0.05, 0) is 38.0 Å². The van der Waals surface area contributed by atoms with E-state index >= 15 is 0 Å². The van der Waals surface area contributed by atoms with Gasteiger partial charge in [0.2, 0.25) is 5.91 Å². The Balaban J connectivity index is 2.73. The molecule has 0 fully saturated rings. The largest absolute Gasteiger partial charge is 0.349 e. The van der Waals surface area contributed by atoms with E-state index in [1.807, 2.05) is 45.0 Å². The number of halogens is 1. The zero-order valence-corrected chi connectivity index (χ0v) is 11.9. The summed E-state index contributed by atoms with van der Waals surface area (Å²) in [7, 11) is 0. The van der Waals surface area contributed by atoms with Gasteiger partial charge < -0.3 is 11.1 Å². The highest BCUT2D eigenvalue weighted by atomic mass is 35.5. The van der Waals surface area contributed by atoms with Crippen LogP contribution in [0.25, 0.3) is 0 Å². The second-order valence-corrected chi connectivity index (χ2v) is 5.30. The predicted molar refractivity (Wildman–Crippen MR) is 75.5 cm³/mol. The Hall–Kier alpha value is -1.06. The molecule has 0 spiro atoms. The third kappa shape index (κ3) is 3.47. The van der Waals surface area contributed by atoms with Crippen LogP contribution in [0.5, 0.6) is 0 Å². The average molecular weight is 269 g/mol. The molecule has 0 aromatic heterocycles. The molecule has 4 heteroatoms. The topological polar surface area (TPSA) is 55.1 Å². The molecule has 100 valence electrons. The van der Waals surface area contributed by atoms with Gasteiger partial charge in [-0.25, -0.2) is 0 Å². The van der Waals surface area contributed by atoms with Crippen molar-refractivity contribution in [3.8, 4) is 0 Å². The summed E-state index contributed by atoms with van der Waals surface area (Å²) in [6.07, 6.45) is 0.725. The van der Waals surface area contributed by atoms with Crippen molar-refractivity contribution in [2.24, 2.45) is 11.1 Å². The fraction of sp³-hybridized carbons (Fsp3) is 0.500. The van der Waals surface area contributed by atoms with Gasteiger partial charge in [0.1, 0.15) is 0 Å². The molecule has 0 bridgehead atoms. The first-order chi connectivity index (χ1) is 8.42. The van der Waals surface area contributed by atoms with Gasteiger partial charge in [0.15, 0.2) is 0 Å². The summed E-state index contributed by atoms with van der Waals surface area (Å²) in [5, 5.41) is 3.69. The highest BCUT2D eigenvalue weighted by molar-refractivity contribution is 6.30. The first-order valence-electron chi connectivity index (χ1n) is 6.19. The minimum absolute atomic E-state index is 0.00468. The Morgan fingerprint density at radius 1 is 1.44 bits per heavy atom. The lowest BCUT2D eigenvalue weighted by Gasteiger charge is -2.27. The summed E-state index contributed by atoms with van der Waals surface area (Å²) in [5.74, 6) is -0.00468. The molecule has 0 saturated carbocycles. The normalized spacial score (nSPS) is 15.8. The molecule has 1 rings (SSSR count). The number of carbonyl (C=O) groups excluding carboxylic acids is 1. The number of benzene rings is 1. The number of nitrogens with one attached hydrogen (secondary N) is 1. The number of nitrogens with two attached hydrogens (primary N) is 1. The second-order valence-electron chi connectivity index (χ2n) is 4.87. The van der Waals surface area contributed by atoms with Gasteiger partial charge >= 0.3 is 0 Å². The number of amides is 1. The molecule has 0 aliphatic rings. The van der Waals surface area contributed by atoms with Crippen LogP contribution in [-0.4, -0.2) is 12.5 Å². The molecule has 1 amide bonds. The number of rotatable bonds is 5. The van der Waals surface area contributed by atoms with Crippen LogP contribution >= 0.6 is 11.6 Å². The van der Waals surface area contributed by atoms with E-state index in [1.165, 1.54) is 0 Å². The van der Waals surface area contributed by atoms with Gasteiger partial charge in [0.05, 0.1) is 11.5 Å². The zero-order chi connectivity index (χ0) is 13.8. The summed E-state index contributed by atoms with van der Waals surface area (Å²) in [4.78, 5) is 12.2. The van der Waals surface area contributed by atoms with Crippen LogP contribution in [0.1, 0.15) is 38.8 Å². The van der Waals surface area contributed by atoms with Crippen LogP contribution in [0.4, 0.5) is 0 Å². The minimum atomic E-state index is -0.499. The Morgan fingerprint density at radius 3 is 2.44 bits per heavy atom. The van der Waals surface area contributed by atoms with E-state index in [4.69, 9.17) is 17.3 Å². The zero-order valence-electron chi connectivity index (χ0n) is 11.2. The van der Waals surface area contributed by atoms with Crippen LogP contribution in [0, 0.1) is 5.41 Å². The van der Waals surface area contributed by atoms with Gasteiger partial charge in [0, 0.05) is 11.6 Å². The van der Waals surface area contributed by atoms with Gasteiger partial charge in [-0.1, -0.05) is 30.7 Å². The van der Waals surface area contributed by atoms with Crippen molar-refractivity contribution in [2.75, 3.05) is 6.54 Å². The number of hydrogen-bond acceptors (Lipinski definition) is 2. The summed E-state index contributed by atoms with van der Waals surface area (Å²) >= 11 is 5.84. The lowest BCUT2D eigenvalue weighted by atomic mass is 9.86. The maximum atomic E-state index is 12.2. The summed E-state index contributed by atoms with van der Waals surface area (Å²) in [5.41, 5.74) is 6.21. The molecule has 0 heterocycles. The van der Waals surface area contributed by atoms with Crippen molar-refractivity contribution < 1.29 is 4.79 Å². The van der Waals surface area contributed by atoms with Crippen LogP contribution in [-0.2, 0) is 4.79 Å². The molecule has 0 radical (unpaired) electrons. The van der Waals surface area contributed by atoms with E-state index in [0.29, 0.717) is 11.6 Å². The average Bonchev–Trinajstić information content (AvgIpc) is 2.38. The molecule has 0 aliphatic carbocycles. The predicted octanol–water partition coefficient (Wildman–Crippen LogP) is 2.89. The molecule has 0 saturated heterocycles. The van der Waals surface area contributed by atoms with E-state index < -0.39 is 5.41 Å². The first kappa shape index (κ1) is 15.0. The van der Waals surface area contributed by atoms with Crippen LogP contribution in [0.3, 0.4) is 0 Å². The number of hydrogen-bond donors (Lipinski definition) is 2. The molecule has 2 atom stereocenters. The molecule has 3 N–H and O–H groups in total. The highest BCUT2D eigenvalue weighted by Crippen LogP contribution is 2.22. The standard InChI is InChI=1S/C14H21ClN2O/c1-4-14(3,9-16)13(18)17-10(2)11-5-7-12(15)8-6-11/h5-8,10H,4,9,16H2,1-3H3,(H,17,18). The van der Waals surface area contributed by atoms with Crippen LogP contribution < -0.4 is 11.1 Å². The van der Waals surface area contributed by atoms with Gasteiger partial charge in [-0.2, -0.15) is 0 Å². The lowest BCUT2D eigenvalue weighted by Crippen LogP contribution is -2.44. The van der Waals surface area contributed by atoms with E-state index in [9.17, 15) is 4.79 Å². The van der Waals surface area contributed by atoms with Crippen molar-refractivity contribution in [1.82, 2.24) is 5.32 Å². The molecule has 1 aromatic rings. The van der Waals surface area contributed by atoms with Gasteiger partial charge in [-0.3, -0.25) is 4.79 Å². The maximum Gasteiger partial charge on any atom is 0.227 e. The fourth-order valence-electron chi connectivity index (χ4n) is 1.60. The Morgan fingerprint density at radius 2 is 2.00 bits per heavy atom. The van der Waals surface area contributed by atoms with Crippen molar-refractivity contribution in [1.29, 1.82) is 0 Å². The van der Waals surface area contributed by atoms with E-state index in [2.05, 4.69) is 5.32 Å². The van der Waals surface area contributed by atoms with Gasteiger partial charge in [-0.15, -0.1) is 0 Å². The summed E-state index contributed by atoms with van der Waals surface area (Å²) in [6.45, 7) is 6.16. The molecular weight excluding hydrogens is 248 g/mol. The smallest absolute Gasteiger partial charge is 0.227 e. The van der Waals surface area contributed by atoms with E-state index in [1.54, 1.807) is 0 Å². The molecule has 1 aromatic carbocycles.